The van der Waals surface area contributed by atoms with Crippen molar-refractivity contribution in [3.8, 4) is 17.0 Å². The van der Waals surface area contributed by atoms with Crippen molar-refractivity contribution in [1.82, 2.24) is 14.4 Å². The van der Waals surface area contributed by atoms with Crippen LogP contribution in [0, 0.1) is 0 Å². The van der Waals surface area contributed by atoms with Crippen LogP contribution in [0.5, 0.6) is 5.75 Å². The van der Waals surface area contributed by atoms with Gasteiger partial charge in [0.05, 0.1) is 30.3 Å². The SMILES string of the molecule is COc1ccc(-c2cn3cccnc3n2)cc1NC(=O)c1ccoc1. The maximum Gasteiger partial charge on any atom is 0.259 e. The number of imidazole rings is 1. The first-order valence-electron chi connectivity index (χ1n) is 7.56. The standard InChI is InChI=1S/C18H14N4O3/c1-24-16-4-3-12(15-10-22-7-2-6-19-18(22)21-15)9-14(16)20-17(23)13-5-8-25-11-13/h2-11H,1H3,(H,20,23). The highest BCUT2D eigenvalue weighted by molar-refractivity contribution is 6.05. The molecule has 7 heteroatoms. The van der Waals surface area contributed by atoms with E-state index < -0.39 is 0 Å². The normalized spacial score (nSPS) is 10.8. The Morgan fingerprint density at radius 3 is 3.00 bits per heavy atom. The molecule has 3 heterocycles. The van der Waals surface area contributed by atoms with E-state index in [1.807, 2.05) is 35.0 Å². The topological polar surface area (TPSA) is 81.7 Å². The van der Waals surface area contributed by atoms with E-state index >= 15 is 0 Å². The van der Waals surface area contributed by atoms with E-state index in [0.717, 1.165) is 11.3 Å². The van der Waals surface area contributed by atoms with Gasteiger partial charge in [0, 0.05) is 24.2 Å². The molecule has 4 aromatic rings. The zero-order valence-corrected chi connectivity index (χ0v) is 13.3. The van der Waals surface area contributed by atoms with Gasteiger partial charge in [-0.3, -0.25) is 9.20 Å². The minimum Gasteiger partial charge on any atom is -0.495 e. The summed E-state index contributed by atoms with van der Waals surface area (Å²) in [5.74, 6) is 0.889. The zero-order chi connectivity index (χ0) is 17.2. The van der Waals surface area contributed by atoms with Gasteiger partial charge in [0.1, 0.15) is 12.0 Å². The van der Waals surface area contributed by atoms with Crippen LogP contribution in [0.1, 0.15) is 10.4 Å². The first-order chi connectivity index (χ1) is 12.2. The number of anilines is 1. The van der Waals surface area contributed by atoms with Crippen molar-refractivity contribution in [2.75, 3.05) is 12.4 Å². The molecular formula is C18H14N4O3. The summed E-state index contributed by atoms with van der Waals surface area (Å²) < 4.78 is 12.1. The third kappa shape index (κ3) is 2.83. The van der Waals surface area contributed by atoms with Crippen molar-refractivity contribution >= 4 is 17.4 Å². The number of furan rings is 1. The highest BCUT2D eigenvalue weighted by Gasteiger charge is 2.13. The van der Waals surface area contributed by atoms with Crippen LogP contribution >= 0.6 is 0 Å². The molecule has 3 aromatic heterocycles. The number of carbonyl (C=O) groups is 1. The Balaban J connectivity index is 1.71. The van der Waals surface area contributed by atoms with Gasteiger partial charge in [-0.25, -0.2) is 9.97 Å². The monoisotopic (exact) mass is 334 g/mol. The molecule has 0 aliphatic rings. The summed E-state index contributed by atoms with van der Waals surface area (Å²) in [5, 5.41) is 2.83. The van der Waals surface area contributed by atoms with Crippen LogP contribution in [-0.2, 0) is 0 Å². The number of benzene rings is 1. The Morgan fingerprint density at radius 1 is 1.32 bits per heavy atom. The molecule has 0 bridgehead atoms. The molecule has 0 spiro atoms. The summed E-state index contributed by atoms with van der Waals surface area (Å²) in [7, 11) is 1.55. The number of methoxy groups -OCH3 is 1. The third-order valence-corrected chi connectivity index (χ3v) is 3.76. The van der Waals surface area contributed by atoms with Crippen molar-refractivity contribution in [3.05, 3.63) is 67.0 Å². The molecule has 0 fully saturated rings. The quantitative estimate of drug-likeness (QED) is 0.619. The maximum atomic E-state index is 12.3. The van der Waals surface area contributed by atoms with Gasteiger partial charge in [-0.2, -0.15) is 0 Å². The predicted molar refractivity (Wildman–Crippen MR) is 91.6 cm³/mol. The smallest absolute Gasteiger partial charge is 0.259 e. The van der Waals surface area contributed by atoms with Gasteiger partial charge < -0.3 is 14.5 Å². The molecule has 0 aliphatic heterocycles. The van der Waals surface area contributed by atoms with Crippen molar-refractivity contribution in [1.29, 1.82) is 0 Å². The van der Waals surface area contributed by atoms with Gasteiger partial charge in [0.25, 0.3) is 5.91 Å². The summed E-state index contributed by atoms with van der Waals surface area (Å²) in [6.45, 7) is 0. The van der Waals surface area contributed by atoms with Crippen LogP contribution in [-0.4, -0.2) is 27.4 Å². The Kier molecular flexibility index (Phi) is 3.66. The number of rotatable bonds is 4. The summed E-state index contributed by atoms with van der Waals surface area (Å²) in [6.07, 6.45) is 8.29. The second kappa shape index (κ2) is 6.12. The lowest BCUT2D eigenvalue weighted by atomic mass is 10.1. The minimum absolute atomic E-state index is 0.277. The van der Waals surface area contributed by atoms with Crippen molar-refractivity contribution in [3.63, 3.8) is 0 Å². The van der Waals surface area contributed by atoms with Crippen LogP contribution in [0.2, 0.25) is 0 Å². The summed E-state index contributed by atoms with van der Waals surface area (Å²) >= 11 is 0. The van der Waals surface area contributed by atoms with Crippen molar-refractivity contribution in [2.24, 2.45) is 0 Å². The molecule has 0 saturated carbocycles. The highest BCUT2D eigenvalue weighted by atomic mass is 16.5. The second-order valence-electron chi connectivity index (χ2n) is 5.33. The number of ether oxygens (including phenoxy) is 1. The molecule has 0 atom stereocenters. The highest BCUT2D eigenvalue weighted by Crippen LogP contribution is 2.30. The molecule has 4 rings (SSSR count). The fraction of sp³-hybridized carbons (Fsp3) is 0.0556. The molecule has 0 aliphatic carbocycles. The van der Waals surface area contributed by atoms with Crippen molar-refractivity contribution < 1.29 is 13.9 Å². The number of nitrogens with zero attached hydrogens (tertiary/aromatic N) is 3. The minimum atomic E-state index is -0.277. The van der Waals surface area contributed by atoms with Gasteiger partial charge in [-0.1, -0.05) is 0 Å². The fourth-order valence-corrected chi connectivity index (χ4v) is 2.52. The second-order valence-corrected chi connectivity index (χ2v) is 5.33. The van der Waals surface area contributed by atoms with Crippen LogP contribution in [0.25, 0.3) is 17.0 Å². The van der Waals surface area contributed by atoms with Crippen LogP contribution in [0.4, 0.5) is 5.69 Å². The van der Waals surface area contributed by atoms with Gasteiger partial charge in [-0.05, 0) is 30.3 Å². The summed E-state index contributed by atoms with van der Waals surface area (Å²) in [6, 6.07) is 8.92. The van der Waals surface area contributed by atoms with Crippen LogP contribution < -0.4 is 10.1 Å². The van der Waals surface area contributed by atoms with Gasteiger partial charge in [-0.15, -0.1) is 0 Å². The Morgan fingerprint density at radius 2 is 2.24 bits per heavy atom. The van der Waals surface area contributed by atoms with Crippen molar-refractivity contribution in [2.45, 2.75) is 0 Å². The molecule has 1 aromatic carbocycles. The van der Waals surface area contributed by atoms with E-state index in [-0.39, 0.29) is 5.91 Å². The van der Waals surface area contributed by atoms with E-state index in [2.05, 4.69) is 15.3 Å². The lowest BCUT2D eigenvalue weighted by Crippen LogP contribution is -2.11. The van der Waals surface area contributed by atoms with E-state index in [0.29, 0.717) is 22.8 Å². The van der Waals surface area contributed by atoms with Crippen LogP contribution in [0.3, 0.4) is 0 Å². The van der Waals surface area contributed by atoms with Gasteiger partial charge in [0.15, 0.2) is 0 Å². The lowest BCUT2D eigenvalue weighted by Gasteiger charge is -2.11. The molecule has 124 valence electrons. The fourth-order valence-electron chi connectivity index (χ4n) is 2.52. The Bertz CT molecular complexity index is 1000. The average Bonchev–Trinajstić information content (AvgIpc) is 3.31. The number of hydrogen-bond acceptors (Lipinski definition) is 5. The van der Waals surface area contributed by atoms with Crippen LogP contribution in [0.15, 0.2) is 65.9 Å². The Labute approximate surface area is 142 Å². The van der Waals surface area contributed by atoms with Gasteiger partial charge in [0.2, 0.25) is 5.78 Å². The zero-order valence-electron chi connectivity index (χ0n) is 13.3. The Hall–Kier alpha value is -3.61. The molecule has 25 heavy (non-hydrogen) atoms. The third-order valence-electron chi connectivity index (χ3n) is 3.76. The molecule has 1 N–H and O–H groups in total. The molecule has 0 radical (unpaired) electrons. The maximum absolute atomic E-state index is 12.3. The summed E-state index contributed by atoms with van der Waals surface area (Å²) in [4.78, 5) is 21.0. The predicted octanol–water partition coefficient (Wildman–Crippen LogP) is 3.25. The first kappa shape index (κ1) is 14.9. The number of aromatic nitrogens is 3. The number of hydrogen-bond donors (Lipinski definition) is 1. The van der Waals surface area contributed by atoms with Gasteiger partial charge >= 0.3 is 0 Å². The summed E-state index contributed by atoms with van der Waals surface area (Å²) in [5.41, 5.74) is 2.58. The number of carbonyl (C=O) groups excluding carboxylic acids is 1. The van der Waals surface area contributed by atoms with E-state index in [1.165, 1.54) is 12.5 Å². The number of nitrogens with one attached hydrogen (secondary N) is 1. The first-order valence-corrected chi connectivity index (χ1v) is 7.56. The van der Waals surface area contributed by atoms with E-state index in [4.69, 9.17) is 9.15 Å². The average molecular weight is 334 g/mol. The molecule has 7 nitrogen and oxygen atoms in total. The lowest BCUT2D eigenvalue weighted by molar-refractivity contribution is 0.102. The molecule has 0 saturated heterocycles. The molecular weight excluding hydrogens is 320 g/mol. The van der Waals surface area contributed by atoms with E-state index in [9.17, 15) is 4.79 Å². The number of amides is 1. The molecule has 0 unspecified atom stereocenters. The largest absolute Gasteiger partial charge is 0.495 e. The number of fused-ring (bicyclic) bond motifs is 1. The van der Waals surface area contributed by atoms with E-state index in [1.54, 1.807) is 25.4 Å². The molecule has 1 amide bonds.